The number of nitrogens with one attached hydrogen (secondary N) is 2. The number of primary amides is 1. The second-order valence-corrected chi connectivity index (χ2v) is 11.3. The zero-order valence-corrected chi connectivity index (χ0v) is 24.6. The average Bonchev–Trinajstić information content (AvgIpc) is 2.76. The summed E-state index contributed by atoms with van der Waals surface area (Å²) in [5.41, 5.74) is 6.03. The van der Waals surface area contributed by atoms with Crippen LogP contribution in [0.1, 0.15) is 84.0 Å². The Morgan fingerprint density at radius 1 is 1.00 bits per heavy atom. The first kappa shape index (κ1) is 33.4. The Balaban J connectivity index is 3.55. The standard InChI is InChI=1S/C28H44N4O7/c1-10-38-22(34)13-14-30-24(35)23(19-12-11-17(2)18(3)15-19)32(27(4,5)6)25(36)20(16-21(29)33)31-26(37)39-28(7,8)9/h11-12,15,20,23H,10,13-14,16H2,1-9H3,(H2,29,33)(H,30,35)(H,31,37). The van der Waals surface area contributed by atoms with E-state index in [1.165, 1.54) is 4.90 Å². The minimum absolute atomic E-state index is 0.00788. The van der Waals surface area contributed by atoms with Crippen molar-refractivity contribution in [1.82, 2.24) is 15.5 Å². The zero-order chi connectivity index (χ0) is 30.1. The Morgan fingerprint density at radius 3 is 2.10 bits per heavy atom. The molecule has 0 radical (unpaired) electrons. The Morgan fingerprint density at radius 2 is 1.62 bits per heavy atom. The molecule has 0 spiro atoms. The highest BCUT2D eigenvalue weighted by atomic mass is 16.6. The highest BCUT2D eigenvalue weighted by Crippen LogP contribution is 2.31. The van der Waals surface area contributed by atoms with Crippen molar-refractivity contribution < 1.29 is 33.4 Å². The molecule has 0 bridgehead atoms. The van der Waals surface area contributed by atoms with Gasteiger partial charge in [0.15, 0.2) is 0 Å². The van der Waals surface area contributed by atoms with Crippen molar-refractivity contribution in [3.63, 3.8) is 0 Å². The smallest absolute Gasteiger partial charge is 0.408 e. The van der Waals surface area contributed by atoms with E-state index in [0.29, 0.717) is 5.56 Å². The minimum atomic E-state index is -1.39. The van der Waals surface area contributed by atoms with Crippen LogP contribution < -0.4 is 16.4 Å². The van der Waals surface area contributed by atoms with E-state index in [9.17, 15) is 24.0 Å². The quantitative estimate of drug-likeness (QED) is 0.359. The van der Waals surface area contributed by atoms with Gasteiger partial charge in [-0.2, -0.15) is 0 Å². The number of carbonyl (C=O) groups is 5. The molecular formula is C28H44N4O7. The lowest BCUT2D eigenvalue weighted by Gasteiger charge is -2.43. The number of nitrogens with two attached hydrogens (primary N) is 1. The second kappa shape index (κ2) is 14.0. The first-order chi connectivity index (χ1) is 17.9. The summed E-state index contributed by atoms with van der Waals surface area (Å²) in [6.45, 7) is 15.9. The SMILES string of the molecule is CCOC(=O)CCNC(=O)C(c1ccc(C)c(C)c1)N(C(=O)C(CC(N)=O)NC(=O)OC(C)(C)C)C(C)(C)C. The lowest BCUT2D eigenvalue weighted by Crippen LogP contribution is -2.59. The summed E-state index contributed by atoms with van der Waals surface area (Å²) >= 11 is 0. The Labute approximate surface area is 231 Å². The fourth-order valence-electron chi connectivity index (χ4n) is 3.83. The topological polar surface area (TPSA) is 157 Å². The largest absolute Gasteiger partial charge is 0.466 e. The molecule has 11 heteroatoms. The molecule has 2 atom stereocenters. The Bertz CT molecular complexity index is 1060. The summed E-state index contributed by atoms with van der Waals surface area (Å²) in [6, 6.07) is 2.84. The van der Waals surface area contributed by atoms with Crippen LogP contribution in [0.3, 0.4) is 0 Å². The van der Waals surface area contributed by atoms with Gasteiger partial charge in [-0.1, -0.05) is 18.2 Å². The molecule has 1 aromatic rings. The number of alkyl carbamates (subject to hydrolysis) is 1. The van der Waals surface area contributed by atoms with E-state index in [-0.39, 0.29) is 19.6 Å². The van der Waals surface area contributed by atoms with Gasteiger partial charge >= 0.3 is 12.1 Å². The number of ether oxygens (including phenoxy) is 2. The maximum absolute atomic E-state index is 14.1. The molecule has 11 nitrogen and oxygen atoms in total. The van der Waals surface area contributed by atoms with Gasteiger partial charge in [0.2, 0.25) is 17.7 Å². The van der Waals surface area contributed by atoms with Gasteiger partial charge in [0, 0.05) is 12.1 Å². The van der Waals surface area contributed by atoms with Crippen LogP contribution in [0.5, 0.6) is 0 Å². The van der Waals surface area contributed by atoms with Crippen molar-refractivity contribution in [1.29, 1.82) is 0 Å². The van der Waals surface area contributed by atoms with Crippen LogP contribution in [0.15, 0.2) is 18.2 Å². The molecule has 39 heavy (non-hydrogen) atoms. The van der Waals surface area contributed by atoms with Crippen molar-refractivity contribution in [3.05, 3.63) is 34.9 Å². The first-order valence-corrected chi connectivity index (χ1v) is 13.0. The van der Waals surface area contributed by atoms with E-state index < -0.39 is 59.4 Å². The number of esters is 1. The van der Waals surface area contributed by atoms with E-state index in [2.05, 4.69) is 10.6 Å². The normalized spacial score (nSPS) is 13.1. The minimum Gasteiger partial charge on any atom is -0.466 e. The lowest BCUT2D eigenvalue weighted by molar-refractivity contribution is -0.149. The first-order valence-electron chi connectivity index (χ1n) is 13.0. The molecule has 2 unspecified atom stereocenters. The fourth-order valence-corrected chi connectivity index (χ4v) is 3.83. The van der Waals surface area contributed by atoms with Gasteiger partial charge in [0.1, 0.15) is 17.7 Å². The highest BCUT2D eigenvalue weighted by Gasteiger charge is 2.42. The molecule has 0 saturated heterocycles. The van der Waals surface area contributed by atoms with Crippen molar-refractivity contribution in [2.45, 2.75) is 98.4 Å². The van der Waals surface area contributed by atoms with Crippen LogP contribution in [0.25, 0.3) is 0 Å². The molecule has 4 amide bonds. The molecule has 218 valence electrons. The molecular weight excluding hydrogens is 504 g/mol. The fraction of sp³-hybridized carbons (Fsp3) is 0.607. The molecule has 4 N–H and O–H groups in total. The number of hydrogen-bond acceptors (Lipinski definition) is 7. The number of carbonyl (C=O) groups excluding carboxylic acids is 5. The van der Waals surface area contributed by atoms with E-state index in [0.717, 1.165) is 11.1 Å². The second-order valence-electron chi connectivity index (χ2n) is 11.3. The van der Waals surface area contributed by atoms with E-state index in [1.807, 2.05) is 19.9 Å². The predicted molar refractivity (Wildman–Crippen MR) is 146 cm³/mol. The summed E-state index contributed by atoms with van der Waals surface area (Å²) < 4.78 is 10.2. The monoisotopic (exact) mass is 548 g/mol. The molecule has 0 heterocycles. The third-order valence-corrected chi connectivity index (χ3v) is 5.64. The van der Waals surface area contributed by atoms with Crippen LogP contribution in [-0.2, 0) is 28.7 Å². The maximum atomic E-state index is 14.1. The molecule has 0 aromatic heterocycles. The number of rotatable bonds is 11. The molecule has 1 aromatic carbocycles. The number of hydrogen-bond donors (Lipinski definition) is 3. The summed E-state index contributed by atoms with van der Waals surface area (Å²) in [6.07, 6.45) is -1.46. The van der Waals surface area contributed by atoms with Gasteiger partial charge < -0.3 is 30.7 Å². The predicted octanol–water partition coefficient (Wildman–Crippen LogP) is 2.81. The zero-order valence-electron chi connectivity index (χ0n) is 24.6. The van der Waals surface area contributed by atoms with Gasteiger partial charge in [-0.25, -0.2) is 4.79 Å². The number of aryl methyl sites for hydroxylation is 2. The summed E-state index contributed by atoms with van der Waals surface area (Å²) in [7, 11) is 0. The Kier molecular flexibility index (Phi) is 12.0. The van der Waals surface area contributed by atoms with Gasteiger partial charge in [0.25, 0.3) is 0 Å². The third-order valence-electron chi connectivity index (χ3n) is 5.64. The van der Waals surface area contributed by atoms with Gasteiger partial charge in [-0.3, -0.25) is 19.2 Å². The van der Waals surface area contributed by atoms with Crippen molar-refractivity contribution in [2.75, 3.05) is 13.2 Å². The van der Waals surface area contributed by atoms with Crippen LogP contribution >= 0.6 is 0 Å². The van der Waals surface area contributed by atoms with E-state index in [4.69, 9.17) is 15.2 Å². The van der Waals surface area contributed by atoms with Crippen molar-refractivity contribution in [2.24, 2.45) is 5.73 Å². The van der Waals surface area contributed by atoms with Gasteiger partial charge in [-0.15, -0.1) is 0 Å². The molecule has 1 rings (SSSR count). The summed E-state index contributed by atoms with van der Waals surface area (Å²) in [5.74, 6) is -2.52. The third kappa shape index (κ3) is 10.9. The molecule has 0 saturated carbocycles. The number of amides is 4. The van der Waals surface area contributed by atoms with Crippen molar-refractivity contribution in [3.8, 4) is 0 Å². The van der Waals surface area contributed by atoms with Gasteiger partial charge in [-0.05, 0) is 79.0 Å². The number of nitrogens with zero attached hydrogens (tertiary/aromatic N) is 1. The molecule has 0 fully saturated rings. The van der Waals surface area contributed by atoms with Gasteiger partial charge in [0.05, 0.1) is 19.4 Å². The average molecular weight is 549 g/mol. The van der Waals surface area contributed by atoms with Crippen LogP contribution in [0.4, 0.5) is 4.79 Å². The van der Waals surface area contributed by atoms with Crippen LogP contribution in [0, 0.1) is 13.8 Å². The Hall–Kier alpha value is -3.63. The van der Waals surface area contributed by atoms with Crippen LogP contribution in [0.2, 0.25) is 0 Å². The van der Waals surface area contributed by atoms with E-state index >= 15 is 0 Å². The molecule has 0 aliphatic rings. The molecule has 0 aliphatic carbocycles. The van der Waals surface area contributed by atoms with Crippen LogP contribution in [-0.4, -0.2) is 65.0 Å². The highest BCUT2D eigenvalue weighted by molar-refractivity contribution is 5.95. The maximum Gasteiger partial charge on any atom is 0.408 e. The lowest BCUT2D eigenvalue weighted by atomic mass is 9.93. The summed E-state index contributed by atoms with van der Waals surface area (Å²) in [4.78, 5) is 65.3. The van der Waals surface area contributed by atoms with Crippen molar-refractivity contribution >= 4 is 29.8 Å². The number of benzene rings is 1. The molecule has 0 aliphatic heterocycles. The van der Waals surface area contributed by atoms with E-state index in [1.54, 1.807) is 60.6 Å². The summed E-state index contributed by atoms with van der Waals surface area (Å²) in [5, 5.41) is 5.18.